The van der Waals surface area contributed by atoms with E-state index in [9.17, 15) is 9.18 Å². The van der Waals surface area contributed by atoms with Crippen LogP contribution in [0.3, 0.4) is 0 Å². The summed E-state index contributed by atoms with van der Waals surface area (Å²) in [6, 6.07) is 7.89. The van der Waals surface area contributed by atoms with Gasteiger partial charge in [0.15, 0.2) is 11.5 Å². The monoisotopic (exact) mass is 370 g/mol. The van der Waals surface area contributed by atoms with Gasteiger partial charge >= 0.3 is 0 Å². The Hall–Kier alpha value is -3.00. The summed E-state index contributed by atoms with van der Waals surface area (Å²) in [4.78, 5) is 12.5. The number of amides is 1. The van der Waals surface area contributed by atoms with Crippen molar-refractivity contribution in [2.24, 2.45) is 0 Å². The van der Waals surface area contributed by atoms with E-state index < -0.39 is 5.82 Å². The normalized spacial score (nSPS) is 18.9. The quantitative estimate of drug-likeness (QED) is 0.736. The zero-order chi connectivity index (χ0) is 19.0. The van der Waals surface area contributed by atoms with Crippen molar-refractivity contribution in [2.75, 3.05) is 0 Å². The van der Waals surface area contributed by atoms with Crippen LogP contribution in [0.1, 0.15) is 47.4 Å². The summed E-state index contributed by atoms with van der Waals surface area (Å²) in [7, 11) is 0. The van der Waals surface area contributed by atoms with Gasteiger partial charge in [-0.15, -0.1) is 0 Å². The number of ether oxygens (including phenoxy) is 1. The number of benzene rings is 1. The van der Waals surface area contributed by atoms with E-state index in [4.69, 9.17) is 9.26 Å². The minimum atomic E-state index is -0.391. The van der Waals surface area contributed by atoms with Crippen molar-refractivity contribution >= 4 is 5.91 Å². The summed E-state index contributed by atoms with van der Waals surface area (Å²) in [5.74, 6) is -0.378. The predicted octanol–water partition coefficient (Wildman–Crippen LogP) is 3.16. The highest BCUT2D eigenvalue weighted by Crippen LogP contribution is 2.30. The molecule has 2 N–H and O–H groups in total. The molecule has 2 aromatic heterocycles. The number of halogens is 1. The van der Waals surface area contributed by atoms with Crippen molar-refractivity contribution in [3.05, 3.63) is 58.8 Å². The third kappa shape index (κ3) is 3.35. The molecule has 0 radical (unpaired) electrons. The minimum Gasteiger partial charge on any atom is -0.369 e. The molecule has 140 valence electrons. The molecule has 0 saturated heterocycles. The van der Waals surface area contributed by atoms with E-state index in [0.29, 0.717) is 29.1 Å². The van der Waals surface area contributed by atoms with Crippen LogP contribution in [0.25, 0.3) is 11.3 Å². The third-order valence-corrected chi connectivity index (χ3v) is 4.58. The number of aromatic amines is 1. The summed E-state index contributed by atoms with van der Waals surface area (Å²) < 4.78 is 24.8. The first-order chi connectivity index (χ1) is 13.0. The van der Waals surface area contributed by atoms with Gasteiger partial charge in [0.05, 0.1) is 30.0 Å². The number of carbonyl (C=O) groups is 1. The number of hydrogen-bond donors (Lipinski definition) is 2. The number of carbonyl (C=O) groups excluding carboxylic acids is 1. The maximum absolute atomic E-state index is 13.8. The molecule has 1 aromatic carbocycles. The average molecular weight is 370 g/mol. The van der Waals surface area contributed by atoms with E-state index in [1.807, 2.05) is 13.8 Å². The Labute approximate surface area is 154 Å². The fraction of sp³-hybridized carbons (Fsp3) is 0.316. The second-order valence-corrected chi connectivity index (χ2v) is 6.60. The molecule has 0 spiro atoms. The Morgan fingerprint density at radius 3 is 3.00 bits per heavy atom. The van der Waals surface area contributed by atoms with Crippen LogP contribution in [0, 0.1) is 5.82 Å². The van der Waals surface area contributed by atoms with Crippen LogP contribution < -0.4 is 5.32 Å². The maximum Gasteiger partial charge on any atom is 0.272 e. The van der Waals surface area contributed by atoms with Gasteiger partial charge in [0.25, 0.3) is 5.91 Å². The van der Waals surface area contributed by atoms with E-state index in [1.54, 1.807) is 24.3 Å². The van der Waals surface area contributed by atoms with Gasteiger partial charge in [-0.2, -0.15) is 5.10 Å². The molecule has 3 aromatic rings. The van der Waals surface area contributed by atoms with Crippen molar-refractivity contribution in [1.29, 1.82) is 0 Å². The molecule has 2 atom stereocenters. The Morgan fingerprint density at radius 2 is 2.19 bits per heavy atom. The zero-order valence-electron chi connectivity index (χ0n) is 15.0. The standard InChI is InChI=1S/C19H19FN4O3/c1-10-7-14-17(11(2)26-10)22-23-18(14)19(25)21-9-12-8-16(27-24-12)13-5-3-4-6-15(13)20/h3-6,8,10-11H,7,9H2,1-2H3,(H,21,25)(H,22,23)/t10-,11+/m1/s1. The summed E-state index contributed by atoms with van der Waals surface area (Å²) in [6.07, 6.45) is 0.521. The number of aromatic nitrogens is 3. The number of nitrogens with zero attached hydrogens (tertiary/aromatic N) is 2. The van der Waals surface area contributed by atoms with Crippen molar-refractivity contribution < 1.29 is 18.4 Å². The fourth-order valence-electron chi connectivity index (χ4n) is 3.30. The highest BCUT2D eigenvalue weighted by Gasteiger charge is 2.29. The van der Waals surface area contributed by atoms with Gasteiger partial charge in [-0.1, -0.05) is 17.3 Å². The number of nitrogens with one attached hydrogen (secondary N) is 2. The maximum atomic E-state index is 13.8. The Balaban J connectivity index is 1.46. The van der Waals surface area contributed by atoms with E-state index in [0.717, 1.165) is 11.3 Å². The second kappa shape index (κ2) is 6.96. The largest absolute Gasteiger partial charge is 0.369 e. The van der Waals surface area contributed by atoms with Crippen LogP contribution in [-0.4, -0.2) is 27.4 Å². The molecule has 1 aliphatic rings. The molecule has 0 unspecified atom stereocenters. The van der Waals surface area contributed by atoms with Crippen molar-refractivity contribution in [2.45, 2.75) is 39.0 Å². The smallest absolute Gasteiger partial charge is 0.272 e. The number of H-pyrrole nitrogens is 1. The molecule has 27 heavy (non-hydrogen) atoms. The van der Waals surface area contributed by atoms with E-state index in [2.05, 4.69) is 20.7 Å². The summed E-state index contributed by atoms with van der Waals surface area (Å²) in [5, 5.41) is 13.7. The summed E-state index contributed by atoms with van der Waals surface area (Å²) in [6.45, 7) is 4.04. The molecule has 3 heterocycles. The lowest BCUT2D eigenvalue weighted by Gasteiger charge is -2.25. The lowest BCUT2D eigenvalue weighted by Crippen LogP contribution is -2.27. The lowest BCUT2D eigenvalue weighted by atomic mass is 9.99. The second-order valence-electron chi connectivity index (χ2n) is 6.60. The molecule has 7 nitrogen and oxygen atoms in total. The number of hydrogen-bond acceptors (Lipinski definition) is 5. The lowest BCUT2D eigenvalue weighted by molar-refractivity contribution is -0.00697. The molecular formula is C19H19FN4O3. The first-order valence-corrected chi connectivity index (χ1v) is 8.74. The molecule has 0 bridgehead atoms. The topological polar surface area (TPSA) is 93.0 Å². The fourth-order valence-corrected chi connectivity index (χ4v) is 3.30. The predicted molar refractivity (Wildman–Crippen MR) is 94.3 cm³/mol. The molecule has 0 fully saturated rings. The average Bonchev–Trinajstić information content (AvgIpc) is 3.27. The van der Waals surface area contributed by atoms with Crippen LogP contribution in [-0.2, 0) is 17.7 Å². The van der Waals surface area contributed by atoms with Gasteiger partial charge in [-0.3, -0.25) is 9.89 Å². The summed E-state index contributed by atoms with van der Waals surface area (Å²) in [5.41, 5.74) is 2.90. The Kier molecular flexibility index (Phi) is 4.49. The van der Waals surface area contributed by atoms with E-state index >= 15 is 0 Å². The van der Waals surface area contributed by atoms with Crippen LogP contribution in [0.15, 0.2) is 34.9 Å². The SMILES string of the molecule is C[C@@H]1Cc2c(C(=O)NCc3cc(-c4ccccc4F)on3)n[nH]c2[C@H](C)O1. The van der Waals surface area contributed by atoms with Crippen molar-refractivity contribution in [3.8, 4) is 11.3 Å². The molecule has 1 aliphatic heterocycles. The van der Waals surface area contributed by atoms with Gasteiger partial charge < -0.3 is 14.6 Å². The molecule has 0 aliphatic carbocycles. The van der Waals surface area contributed by atoms with Gasteiger partial charge in [-0.25, -0.2) is 4.39 Å². The zero-order valence-corrected chi connectivity index (χ0v) is 15.0. The molecule has 1 amide bonds. The van der Waals surface area contributed by atoms with Crippen LogP contribution in [0.2, 0.25) is 0 Å². The highest BCUT2D eigenvalue weighted by molar-refractivity contribution is 5.94. The van der Waals surface area contributed by atoms with Gasteiger partial charge in [0.1, 0.15) is 11.5 Å². The third-order valence-electron chi connectivity index (χ3n) is 4.58. The van der Waals surface area contributed by atoms with E-state index in [1.165, 1.54) is 6.07 Å². The van der Waals surface area contributed by atoms with Gasteiger partial charge in [0.2, 0.25) is 0 Å². The van der Waals surface area contributed by atoms with Gasteiger partial charge in [0, 0.05) is 18.1 Å². The molecule has 8 heteroatoms. The molecule has 4 rings (SSSR count). The van der Waals surface area contributed by atoms with Crippen molar-refractivity contribution in [3.63, 3.8) is 0 Å². The minimum absolute atomic E-state index is 0.0236. The Bertz CT molecular complexity index is 981. The van der Waals surface area contributed by atoms with Gasteiger partial charge in [-0.05, 0) is 26.0 Å². The van der Waals surface area contributed by atoms with Crippen LogP contribution in [0.5, 0.6) is 0 Å². The first-order valence-electron chi connectivity index (χ1n) is 8.74. The number of rotatable bonds is 4. The molecular weight excluding hydrogens is 351 g/mol. The Morgan fingerprint density at radius 1 is 1.37 bits per heavy atom. The van der Waals surface area contributed by atoms with Crippen molar-refractivity contribution in [1.82, 2.24) is 20.7 Å². The highest BCUT2D eigenvalue weighted by atomic mass is 19.1. The molecule has 0 saturated carbocycles. The first kappa shape index (κ1) is 17.4. The van der Waals surface area contributed by atoms with Crippen LogP contribution in [0.4, 0.5) is 4.39 Å². The van der Waals surface area contributed by atoms with Crippen LogP contribution >= 0.6 is 0 Å². The van der Waals surface area contributed by atoms with E-state index in [-0.39, 0.29) is 24.7 Å². The number of fused-ring (bicyclic) bond motifs is 1. The summed E-state index contributed by atoms with van der Waals surface area (Å²) >= 11 is 0.